The number of hydrogen-bond acceptors (Lipinski definition) is 4. The highest BCUT2D eigenvalue weighted by Crippen LogP contribution is 2.07. The van der Waals surface area contributed by atoms with Crippen LogP contribution >= 0.6 is 0 Å². The Kier molecular flexibility index (Phi) is 6.10. The third-order valence-corrected chi connectivity index (χ3v) is 2.45. The van der Waals surface area contributed by atoms with E-state index in [1.807, 2.05) is 7.05 Å². The molecule has 0 saturated carbocycles. The van der Waals surface area contributed by atoms with Gasteiger partial charge in [-0.1, -0.05) is 0 Å². The van der Waals surface area contributed by atoms with Gasteiger partial charge in [-0.05, 0) is 40.0 Å². The van der Waals surface area contributed by atoms with Gasteiger partial charge in [-0.3, -0.25) is 0 Å². The first-order valence-electron chi connectivity index (χ1n) is 5.35. The maximum atomic E-state index is 5.48. The van der Waals surface area contributed by atoms with Gasteiger partial charge >= 0.3 is 0 Å². The molecule has 14 heavy (non-hydrogen) atoms. The maximum Gasteiger partial charge on any atom is 0.147 e. The molecular formula is C10H22N2O2. The zero-order valence-corrected chi connectivity index (χ0v) is 9.29. The average Bonchev–Trinajstić information content (AvgIpc) is 2.20. The summed E-state index contributed by atoms with van der Waals surface area (Å²) in [7, 11) is 4.13. The minimum Gasteiger partial charge on any atom is -0.355 e. The molecular weight excluding hydrogens is 180 g/mol. The van der Waals surface area contributed by atoms with Gasteiger partial charge in [0.15, 0.2) is 0 Å². The standard InChI is InChI=1S/C10H22N2O2/c1-11-5-3-6-12(2)8-10-4-7-13-9-14-10/h10-11H,3-9H2,1-2H3. The van der Waals surface area contributed by atoms with Gasteiger partial charge in [-0.25, -0.2) is 0 Å². The molecule has 1 unspecified atom stereocenters. The van der Waals surface area contributed by atoms with Gasteiger partial charge in [0, 0.05) is 6.54 Å². The largest absolute Gasteiger partial charge is 0.355 e. The van der Waals surface area contributed by atoms with Crippen molar-refractivity contribution in [1.29, 1.82) is 0 Å². The smallest absolute Gasteiger partial charge is 0.147 e. The molecule has 4 nitrogen and oxygen atoms in total. The van der Waals surface area contributed by atoms with Crippen LogP contribution in [0.25, 0.3) is 0 Å². The van der Waals surface area contributed by atoms with Crippen molar-refractivity contribution < 1.29 is 9.47 Å². The molecule has 0 aromatic rings. The summed E-state index contributed by atoms with van der Waals surface area (Å²) in [6.45, 7) is 4.54. The Bertz CT molecular complexity index is 138. The Morgan fingerprint density at radius 2 is 2.36 bits per heavy atom. The monoisotopic (exact) mass is 202 g/mol. The van der Waals surface area contributed by atoms with Crippen LogP contribution in [0.5, 0.6) is 0 Å². The van der Waals surface area contributed by atoms with Gasteiger partial charge in [0.2, 0.25) is 0 Å². The summed E-state index contributed by atoms with van der Waals surface area (Å²) >= 11 is 0. The molecule has 0 amide bonds. The van der Waals surface area contributed by atoms with E-state index in [1.54, 1.807) is 0 Å². The van der Waals surface area contributed by atoms with Crippen LogP contribution in [-0.4, -0.2) is 58.1 Å². The van der Waals surface area contributed by atoms with E-state index in [9.17, 15) is 0 Å². The molecule has 1 aliphatic heterocycles. The van der Waals surface area contributed by atoms with Crippen molar-refractivity contribution in [3.8, 4) is 0 Å². The minimum absolute atomic E-state index is 0.364. The number of ether oxygens (including phenoxy) is 2. The topological polar surface area (TPSA) is 33.7 Å². The number of nitrogens with one attached hydrogen (secondary N) is 1. The van der Waals surface area contributed by atoms with Crippen molar-refractivity contribution in [3.05, 3.63) is 0 Å². The first-order valence-corrected chi connectivity index (χ1v) is 5.35. The van der Waals surface area contributed by atoms with Gasteiger partial charge in [0.25, 0.3) is 0 Å². The van der Waals surface area contributed by atoms with Crippen LogP contribution in [0, 0.1) is 0 Å². The summed E-state index contributed by atoms with van der Waals surface area (Å²) in [6.07, 6.45) is 2.58. The van der Waals surface area contributed by atoms with Crippen LogP contribution in [0.15, 0.2) is 0 Å². The lowest BCUT2D eigenvalue weighted by molar-refractivity contribution is -0.143. The van der Waals surface area contributed by atoms with Gasteiger partial charge in [0.05, 0.1) is 12.7 Å². The van der Waals surface area contributed by atoms with E-state index in [4.69, 9.17) is 9.47 Å². The molecule has 0 aliphatic carbocycles. The first-order chi connectivity index (χ1) is 6.83. The number of rotatable bonds is 6. The predicted molar refractivity (Wildman–Crippen MR) is 56.3 cm³/mol. The van der Waals surface area contributed by atoms with E-state index >= 15 is 0 Å². The van der Waals surface area contributed by atoms with Crippen molar-refractivity contribution in [3.63, 3.8) is 0 Å². The summed E-state index contributed by atoms with van der Waals surface area (Å²) in [6, 6.07) is 0. The third kappa shape index (κ3) is 4.91. The molecule has 1 heterocycles. The fraction of sp³-hybridized carbons (Fsp3) is 1.00. The SMILES string of the molecule is CNCCCN(C)CC1CCOCO1. The van der Waals surface area contributed by atoms with Crippen LogP contribution in [-0.2, 0) is 9.47 Å². The summed E-state index contributed by atoms with van der Waals surface area (Å²) in [5.41, 5.74) is 0. The van der Waals surface area contributed by atoms with Crippen molar-refractivity contribution in [2.45, 2.75) is 18.9 Å². The molecule has 1 aliphatic rings. The summed E-state index contributed by atoms with van der Waals surface area (Å²) in [4.78, 5) is 2.33. The van der Waals surface area contributed by atoms with Crippen molar-refractivity contribution in [2.75, 3.05) is 47.1 Å². The fourth-order valence-electron chi connectivity index (χ4n) is 1.61. The molecule has 1 fully saturated rings. The van der Waals surface area contributed by atoms with Gasteiger partial charge in [-0.2, -0.15) is 0 Å². The van der Waals surface area contributed by atoms with Crippen LogP contribution < -0.4 is 5.32 Å². The molecule has 84 valence electrons. The summed E-state index contributed by atoms with van der Waals surface area (Å²) < 4.78 is 10.6. The quantitative estimate of drug-likeness (QED) is 0.628. The minimum atomic E-state index is 0.364. The predicted octanol–water partition coefficient (Wildman–Crippen LogP) is 0.291. The lowest BCUT2D eigenvalue weighted by Crippen LogP contribution is -2.36. The lowest BCUT2D eigenvalue weighted by atomic mass is 10.2. The molecule has 1 atom stereocenters. The third-order valence-electron chi connectivity index (χ3n) is 2.45. The number of likely N-dealkylation sites (N-methyl/N-ethyl adjacent to an activating group) is 1. The fourth-order valence-corrected chi connectivity index (χ4v) is 1.61. The zero-order valence-electron chi connectivity index (χ0n) is 9.29. The van der Waals surface area contributed by atoms with Crippen molar-refractivity contribution in [2.24, 2.45) is 0 Å². The molecule has 0 bridgehead atoms. The number of nitrogens with zero attached hydrogens (tertiary/aromatic N) is 1. The van der Waals surface area contributed by atoms with Gasteiger partial charge in [-0.15, -0.1) is 0 Å². The van der Waals surface area contributed by atoms with Gasteiger partial charge in [0.1, 0.15) is 6.79 Å². The molecule has 4 heteroatoms. The van der Waals surface area contributed by atoms with Crippen LogP contribution in [0.1, 0.15) is 12.8 Å². The Labute approximate surface area is 86.6 Å². The molecule has 1 N–H and O–H groups in total. The van der Waals surface area contributed by atoms with Crippen molar-refractivity contribution in [1.82, 2.24) is 10.2 Å². The first kappa shape index (κ1) is 11.9. The Morgan fingerprint density at radius 3 is 3.00 bits per heavy atom. The van der Waals surface area contributed by atoms with E-state index < -0.39 is 0 Å². The summed E-state index contributed by atoms with van der Waals surface area (Å²) in [5.74, 6) is 0. The van der Waals surface area contributed by atoms with Crippen molar-refractivity contribution >= 4 is 0 Å². The highest BCUT2D eigenvalue weighted by atomic mass is 16.7. The zero-order chi connectivity index (χ0) is 10.2. The van der Waals surface area contributed by atoms with Gasteiger partial charge < -0.3 is 19.7 Å². The van der Waals surface area contributed by atoms with Crippen LogP contribution in [0.3, 0.4) is 0 Å². The lowest BCUT2D eigenvalue weighted by Gasteiger charge is -2.27. The Hall–Kier alpha value is -0.160. The highest BCUT2D eigenvalue weighted by Gasteiger charge is 2.15. The Morgan fingerprint density at radius 1 is 1.50 bits per heavy atom. The van der Waals surface area contributed by atoms with Crippen LogP contribution in [0.2, 0.25) is 0 Å². The van der Waals surface area contributed by atoms with E-state index in [0.29, 0.717) is 12.9 Å². The number of hydrogen-bond donors (Lipinski definition) is 1. The van der Waals surface area contributed by atoms with E-state index in [0.717, 1.165) is 32.7 Å². The average molecular weight is 202 g/mol. The molecule has 0 spiro atoms. The molecule has 0 aromatic carbocycles. The highest BCUT2D eigenvalue weighted by molar-refractivity contribution is 4.65. The molecule has 0 radical (unpaired) electrons. The second-order valence-electron chi connectivity index (χ2n) is 3.82. The van der Waals surface area contributed by atoms with E-state index in [2.05, 4.69) is 17.3 Å². The summed E-state index contributed by atoms with van der Waals surface area (Å²) in [5, 5.41) is 3.15. The van der Waals surface area contributed by atoms with E-state index in [-0.39, 0.29) is 0 Å². The second-order valence-corrected chi connectivity index (χ2v) is 3.82. The normalized spacial score (nSPS) is 22.9. The molecule has 0 aromatic heterocycles. The Balaban J connectivity index is 2.03. The second kappa shape index (κ2) is 7.17. The molecule has 1 saturated heterocycles. The van der Waals surface area contributed by atoms with E-state index in [1.165, 1.54) is 6.42 Å². The molecule has 1 rings (SSSR count). The maximum absolute atomic E-state index is 5.48. The van der Waals surface area contributed by atoms with Crippen LogP contribution in [0.4, 0.5) is 0 Å².